The predicted octanol–water partition coefficient (Wildman–Crippen LogP) is 1.18. The average Bonchev–Trinajstić information content (AvgIpc) is 2.52. The SMILES string of the molecule is C=C(N=C=O)C1CCN(CC)C1. The maximum atomic E-state index is 9.96. The summed E-state index contributed by atoms with van der Waals surface area (Å²) in [5.41, 5.74) is 0.681. The molecule has 1 aliphatic heterocycles. The Morgan fingerprint density at radius 3 is 3.08 bits per heavy atom. The molecule has 0 saturated carbocycles. The average molecular weight is 166 g/mol. The Hall–Kier alpha value is -0.920. The van der Waals surface area contributed by atoms with Crippen LogP contribution in [0.25, 0.3) is 0 Å². The van der Waals surface area contributed by atoms with Crippen LogP contribution in [0, 0.1) is 5.92 Å². The van der Waals surface area contributed by atoms with E-state index in [-0.39, 0.29) is 0 Å². The second kappa shape index (κ2) is 4.19. The normalized spacial score (nSPS) is 23.6. The molecule has 3 heteroatoms. The maximum absolute atomic E-state index is 9.96. The molecule has 1 aliphatic rings. The molecule has 12 heavy (non-hydrogen) atoms. The van der Waals surface area contributed by atoms with Gasteiger partial charge in [-0.3, -0.25) is 0 Å². The van der Waals surface area contributed by atoms with Crippen LogP contribution < -0.4 is 0 Å². The fourth-order valence-corrected chi connectivity index (χ4v) is 1.54. The number of nitrogens with zero attached hydrogens (tertiary/aromatic N) is 2. The van der Waals surface area contributed by atoms with Crippen molar-refractivity contribution in [2.45, 2.75) is 13.3 Å². The molecule has 1 fully saturated rings. The van der Waals surface area contributed by atoms with Gasteiger partial charge >= 0.3 is 0 Å². The number of rotatable bonds is 3. The molecule has 0 aromatic carbocycles. The Balaban J connectivity index is 2.46. The lowest BCUT2D eigenvalue weighted by atomic mass is 10.1. The van der Waals surface area contributed by atoms with Gasteiger partial charge in [-0.15, -0.1) is 0 Å². The van der Waals surface area contributed by atoms with Gasteiger partial charge in [0.25, 0.3) is 0 Å². The van der Waals surface area contributed by atoms with Crippen LogP contribution >= 0.6 is 0 Å². The van der Waals surface area contributed by atoms with Crippen LogP contribution in [0.4, 0.5) is 0 Å². The van der Waals surface area contributed by atoms with E-state index in [0.717, 1.165) is 26.1 Å². The van der Waals surface area contributed by atoms with Gasteiger partial charge in [0.15, 0.2) is 0 Å². The van der Waals surface area contributed by atoms with Gasteiger partial charge in [0.05, 0.1) is 5.70 Å². The summed E-state index contributed by atoms with van der Waals surface area (Å²) in [6.07, 6.45) is 2.60. The lowest BCUT2D eigenvalue weighted by molar-refractivity contribution is 0.349. The predicted molar refractivity (Wildman–Crippen MR) is 47.5 cm³/mol. The molecule has 3 nitrogen and oxygen atoms in total. The first-order valence-corrected chi connectivity index (χ1v) is 4.27. The quantitative estimate of drug-likeness (QED) is 0.466. The zero-order valence-corrected chi connectivity index (χ0v) is 7.42. The van der Waals surface area contributed by atoms with Crippen LogP contribution in [0.1, 0.15) is 13.3 Å². The standard InChI is InChI=1S/C9H14N2O/c1-3-11-5-4-9(6-11)8(2)10-7-12/h9H,2-6H2,1H3. The first-order valence-electron chi connectivity index (χ1n) is 4.27. The van der Waals surface area contributed by atoms with Crippen molar-refractivity contribution in [2.24, 2.45) is 10.9 Å². The fourth-order valence-electron chi connectivity index (χ4n) is 1.54. The minimum atomic E-state index is 0.367. The minimum Gasteiger partial charge on any atom is -0.303 e. The van der Waals surface area contributed by atoms with Crippen LogP contribution in [0.5, 0.6) is 0 Å². The summed E-state index contributed by atoms with van der Waals surface area (Å²) in [6.45, 7) is 9.01. The van der Waals surface area contributed by atoms with E-state index in [9.17, 15) is 4.79 Å². The molecule has 1 saturated heterocycles. The molecule has 0 aromatic heterocycles. The Kier molecular flexibility index (Phi) is 3.20. The molecule has 1 heterocycles. The van der Waals surface area contributed by atoms with E-state index in [0.29, 0.717) is 11.6 Å². The second-order valence-corrected chi connectivity index (χ2v) is 3.07. The van der Waals surface area contributed by atoms with E-state index in [2.05, 4.69) is 23.4 Å². The summed E-state index contributed by atoms with van der Waals surface area (Å²) in [6, 6.07) is 0. The van der Waals surface area contributed by atoms with Crippen molar-refractivity contribution in [3.05, 3.63) is 12.3 Å². The number of isocyanates is 1. The number of aliphatic imine (C=N–C) groups is 1. The molecule has 0 aromatic rings. The minimum absolute atomic E-state index is 0.367. The number of carbonyl (C=O) groups excluding carboxylic acids is 1. The van der Waals surface area contributed by atoms with Crippen LogP contribution in [-0.4, -0.2) is 30.6 Å². The maximum Gasteiger partial charge on any atom is 0.240 e. The third-order valence-electron chi connectivity index (χ3n) is 2.38. The number of likely N-dealkylation sites (tertiary alicyclic amines) is 1. The third kappa shape index (κ3) is 2.03. The topological polar surface area (TPSA) is 32.7 Å². The van der Waals surface area contributed by atoms with Crippen molar-refractivity contribution in [3.63, 3.8) is 0 Å². The van der Waals surface area contributed by atoms with E-state index in [1.54, 1.807) is 0 Å². The highest BCUT2D eigenvalue weighted by Crippen LogP contribution is 2.22. The van der Waals surface area contributed by atoms with Crippen molar-refractivity contribution in [1.82, 2.24) is 4.90 Å². The molecule has 0 N–H and O–H groups in total. The van der Waals surface area contributed by atoms with Gasteiger partial charge in [0.1, 0.15) is 0 Å². The molecule has 0 spiro atoms. The monoisotopic (exact) mass is 166 g/mol. The van der Waals surface area contributed by atoms with Crippen LogP contribution in [-0.2, 0) is 4.79 Å². The Morgan fingerprint density at radius 1 is 1.83 bits per heavy atom. The summed E-state index contributed by atoms with van der Waals surface area (Å²) in [4.78, 5) is 15.8. The van der Waals surface area contributed by atoms with Crippen molar-refractivity contribution < 1.29 is 4.79 Å². The summed E-state index contributed by atoms with van der Waals surface area (Å²) in [7, 11) is 0. The van der Waals surface area contributed by atoms with E-state index >= 15 is 0 Å². The van der Waals surface area contributed by atoms with Crippen LogP contribution in [0.15, 0.2) is 17.3 Å². The molecule has 0 radical (unpaired) electrons. The van der Waals surface area contributed by atoms with Crippen LogP contribution in [0.3, 0.4) is 0 Å². The molecular formula is C9H14N2O. The van der Waals surface area contributed by atoms with Crippen LogP contribution in [0.2, 0.25) is 0 Å². The summed E-state index contributed by atoms with van der Waals surface area (Å²) >= 11 is 0. The van der Waals surface area contributed by atoms with Crippen molar-refractivity contribution in [3.8, 4) is 0 Å². The smallest absolute Gasteiger partial charge is 0.240 e. The third-order valence-corrected chi connectivity index (χ3v) is 2.38. The Bertz CT molecular complexity index is 219. The Labute approximate surface area is 72.8 Å². The van der Waals surface area contributed by atoms with E-state index in [1.807, 2.05) is 0 Å². The lowest BCUT2D eigenvalue weighted by Crippen LogP contribution is -2.19. The molecule has 0 amide bonds. The van der Waals surface area contributed by atoms with Gasteiger partial charge in [-0.25, -0.2) is 4.79 Å². The summed E-state index contributed by atoms with van der Waals surface area (Å²) in [5, 5.41) is 0. The second-order valence-electron chi connectivity index (χ2n) is 3.07. The Morgan fingerprint density at radius 2 is 2.58 bits per heavy atom. The zero-order chi connectivity index (χ0) is 8.97. The first kappa shape index (κ1) is 9.17. The highest BCUT2D eigenvalue weighted by atomic mass is 16.1. The zero-order valence-electron chi connectivity index (χ0n) is 7.42. The first-order chi connectivity index (χ1) is 5.77. The molecule has 0 aliphatic carbocycles. The number of hydrogen-bond acceptors (Lipinski definition) is 3. The molecule has 0 bridgehead atoms. The number of hydrogen-bond donors (Lipinski definition) is 0. The van der Waals surface area contributed by atoms with Gasteiger partial charge < -0.3 is 4.90 Å². The molecule has 66 valence electrons. The summed E-state index contributed by atoms with van der Waals surface area (Å²) in [5.74, 6) is 0.367. The van der Waals surface area contributed by atoms with Crippen molar-refractivity contribution in [1.29, 1.82) is 0 Å². The fraction of sp³-hybridized carbons (Fsp3) is 0.667. The molecular weight excluding hydrogens is 152 g/mol. The van der Waals surface area contributed by atoms with Gasteiger partial charge in [-0.1, -0.05) is 13.5 Å². The largest absolute Gasteiger partial charge is 0.303 e. The molecule has 1 unspecified atom stereocenters. The van der Waals surface area contributed by atoms with Gasteiger partial charge in [-0.05, 0) is 19.5 Å². The molecule has 1 atom stereocenters. The van der Waals surface area contributed by atoms with Gasteiger partial charge in [-0.2, -0.15) is 4.99 Å². The van der Waals surface area contributed by atoms with E-state index in [1.165, 1.54) is 6.08 Å². The molecule has 1 rings (SSSR count). The van der Waals surface area contributed by atoms with E-state index < -0.39 is 0 Å². The van der Waals surface area contributed by atoms with Gasteiger partial charge in [0.2, 0.25) is 6.08 Å². The van der Waals surface area contributed by atoms with Crippen molar-refractivity contribution >= 4 is 6.08 Å². The van der Waals surface area contributed by atoms with Crippen molar-refractivity contribution in [2.75, 3.05) is 19.6 Å². The highest BCUT2D eigenvalue weighted by molar-refractivity contribution is 5.36. The van der Waals surface area contributed by atoms with E-state index in [4.69, 9.17) is 0 Å². The van der Waals surface area contributed by atoms with Gasteiger partial charge in [0, 0.05) is 12.5 Å². The highest BCUT2D eigenvalue weighted by Gasteiger charge is 2.23. The lowest BCUT2D eigenvalue weighted by Gasteiger charge is -2.11. The summed E-state index contributed by atoms with van der Waals surface area (Å²) < 4.78 is 0.